The van der Waals surface area contributed by atoms with E-state index in [1.54, 1.807) is 4.68 Å². The molecule has 2 heterocycles. The van der Waals surface area contributed by atoms with Crippen molar-refractivity contribution in [3.8, 4) is 0 Å². The SMILES string of the molecule is CCCN1C(=O)C[C@H](N)[C@H]1c1cn(C)nn1. The van der Waals surface area contributed by atoms with Gasteiger partial charge in [-0.2, -0.15) is 0 Å². The summed E-state index contributed by atoms with van der Waals surface area (Å²) < 4.78 is 1.63. The van der Waals surface area contributed by atoms with Gasteiger partial charge in [-0.1, -0.05) is 12.1 Å². The molecular formula is C10H17N5O. The molecule has 0 aromatic carbocycles. The first-order valence-electron chi connectivity index (χ1n) is 5.54. The van der Waals surface area contributed by atoms with Crippen molar-refractivity contribution in [1.82, 2.24) is 19.9 Å². The van der Waals surface area contributed by atoms with Crippen LogP contribution >= 0.6 is 0 Å². The quantitative estimate of drug-likeness (QED) is 0.771. The number of amides is 1. The summed E-state index contributed by atoms with van der Waals surface area (Å²) in [6.45, 7) is 2.78. The number of hydrogen-bond acceptors (Lipinski definition) is 4. The van der Waals surface area contributed by atoms with Gasteiger partial charge in [-0.15, -0.1) is 5.10 Å². The average Bonchev–Trinajstić information content (AvgIpc) is 2.73. The lowest BCUT2D eigenvalue weighted by molar-refractivity contribution is -0.129. The Morgan fingerprint density at radius 3 is 2.94 bits per heavy atom. The fourth-order valence-electron chi connectivity index (χ4n) is 2.20. The third kappa shape index (κ3) is 1.80. The topological polar surface area (TPSA) is 77.0 Å². The van der Waals surface area contributed by atoms with Crippen molar-refractivity contribution in [3.63, 3.8) is 0 Å². The van der Waals surface area contributed by atoms with Crippen molar-refractivity contribution < 1.29 is 4.79 Å². The van der Waals surface area contributed by atoms with Gasteiger partial charge in [0.15, 0.2) is 0 Å². The Labute approximate surface area is 94.4 Å². The molecule has 6 nitrogen and oxygen atoms in total. The van der Waals surface area contributed by atoms with E-state index in [-0.39, 0.29) is 18.0 Å². The highest BCUT2D eigenvalue weighted by Crippen LogP contribution is 2.30. The highest BCUT2D eigenvalue weighted by atomic mass is 16.2. The van der Waals surface area contributed by atoms with Crippen LogP contribution in [-0.2, 0) is 11.8 Å². The monoisotopic (exact) mass is 223 g/mol. The normalized spacial score (nSPS) is 25.4. The fourth-order valence-corrected chi connectivity index (χ4v) is 2.20. The molecule has 0 spiro atoms. The van der Waals surface area contributed by atoms with Crippen LogP contribution < -0.4 is 5.73 Å². The summed E-state index contributed by atoms with van der Waals surface area (Å²) in [6.07, 6.45) is 3.16. The molecular weight excluding hydrogens is 206 g/mol. The van der Waals surface area contributed by atoms with Crippen molar-refractivity contribution in [3.05, 3.63) is 11.9 Å². The molecule has 1 fully saturated rings. The second-order valence-corrected chi connectivity index (χ2v) is 4.22. The molecule has 1 amide bonds. The van der Waals surface area contributed by atoms with Gasteiger partial charge in [-0.3, -0.25) is 9.48 Å². The second kappa shape index (κ2) is 4.21. The Morgan fingerprint density at radius 1 is 1.62 bits per heavy atom. The van der Waals surface area contributed by atoms with Crippen molar-refractivity contribution in [2.75, 3.05) is 6.54 Å². The minimum atomic E-state index is -0.171. The maximum Gasteiger partial charge on any atom is 0.224 e. The molecule has 0 bridgehead atoms. The van der Waals surface area contributed by atoms with Gasteiger partial charge in [0.25, 0.3) is 0 Å². The predicted octanol–water partition coefficient (Wildman–Crippen LogP) is -0.174. The van der Waals surface area contributed by atoms with Crippen LogP contribution in [0.2, 0.25) is 0 Å². The van der Waals surface area contributed by atoms with Gasteiger partial charge in [-0.25, -0.2) is 0 Å². The molecule has 0 aliphatic carbocycles. The highest BCUT2D eigenvalue weighted by Gasteiger charge is 2.39. The van der Waals surface area contributed by atoms with Gasteiger partial charge in [0.05, 0.1) is 12.2 Å². The summed E-state index contributed by atoms with van der Waals surface area (Å²) in [7, 11) is 1.81. The summed E-state index contributed by atoms with van der Waals surface area (Å²) in [5, 5.41) is 7.94. The molecule has 1 saturated heterocycles. The molecule has 2 atom stereocenters. The van der Waals surface area contributed by atoms with Gasteiger partial charge in [0.2, 0.25) is 5.91 Å². The number of aromatic nitrogens is 3. The number of nitrogens with zero attached hydrogens (tertiary/aromatic N) is 4. The van der Waals surface area contributed by atoms with Gasteiger partial charge in [-0.05, 0) is 6.42 Å². The van der Waals surface area contributed by atoms with Crippen molar-refractivity contribution in [2.24, 2.45) is 12.8 Å². The summed E-state index contributed by atoms with van der Waals surface area (Å²) in [4.78, 5) is 13.6. The Morgan fingerprint density at radius 2 is 2.38 bits per heavy atom. The number of aryl methyl sites for hydroxylation is 1. The molecule has 1 aromatic rings. The molecule has 2 N–H and O–H groups in total. The Bertz CT molecular complexity index is 388. The zero-order chi connectivity index (χ0) is 11.7. The van der Waals surface area contributed by atoms with Gasteiger partial charge in [0, 0.05) is 26.1 Å². The van der Waals surface area contributed by atoms with E-state index in [4.69, 9.17) is 5.73 Å². The number of carbonyl (C=O) groups is 1. The van der Waals surface area contributed by atoms with Gasteiger partial charge < -0.3 is 10.6 Å². The molecule has 1 aliphatic heterocycles. The first-order valence-corrected chi connectivity index (χ1v) is 5.54. The summed E-state index contributed by atoms with van der Waals surface area (Å²) in [5.41, 5.74) is 6.78. The molecule has 88 valence electrons. The van der Waals surface area contributed by atoms with E-state index in [9.17, 15) is 4.79 Å². The number of nitrogens with two attached hydrogens (primary N) is 1. The van der Waals surface area contributed by atoms with Crippen LogP contribution in [0.3, 0.4) is 0 Å². The molecule has 0 radical (unpaired) electrons. The van der Waals surface area contributed by atoms with E-state index in [1.165, 1.54) is 0 Å². The van der Waals surface area contributed by atoms with E-state index in [0.29, 0.717) is 6.42 Å². The Balaban J connectivity index is 2.26. The standard InChI is InChI=1S/C10H17N5O/c1-3-4-15-9(16)5-7(11)10(15)8-6-14(2)13-12-8/h6-7,10H,3-5,11H2,1-2H3/t7-,10-/m0/s1. The number of rotatable bonds is 3. The van der Waals surface area contributed by atoms with Gasteiger partial charge in [0.1, 0.15) is 5.69 Å². The average molecular weight is 223 g/mol. The molecule has 6 heteroatoms. The lowest BCUT2D eigenvalue weighted by Crippen LogP contribution is -2.33. The Kier molecular flexibility index (Phi) is 2.91. The Hall–Kier alpha value is -1.43. The second-order valence-electron chi connectivity index (χ2n) is 4.22. The van der Waals surface area contributed by atoms with E-state index in [0.717, 1.165) is 18.7 Å². The van der Waals surface area contributed by atoms with Crippen LogP contribution in [0.1, 0.15) is 31.5 Å². The van der Waals surface area contributed by atoms with Crippen molar-refractivity contribution >= 4 is 5.91 Å². The van der Waals surface area contributed by atoms with E-state index in [2.05, 4.69) is 10.3 Å². The molecule has 2 rings (SSSR count). The number of carbonyl (C=O) groups excluding carboxylic acids is 1. The highest BCUT2D eigenvalue weighted by molar-refractivity contribution is 5.80. The lowest BCUT2D eigenvalue weighted by atomic mass is 10.1. The zero-order valence-corrected chi connectivity index (χ0v) is 9.63. The smallest absolute Gasteiger partial charge is 0.224 e. The molecule has 1 aromatic heterocycles. The van der Waals surface area contributed by atoms with Crippen LogP contribution in [-0.4, -0.2) is 38.4 Å². The van der Waals surface area contributed by atoms with Crippen LogP contribution in [0, 0.1) is 0 Å². The van der Waals surface area contributed by atoms with Crippen LogP contribution in [0.15, 0.2) is 6.20 Å². The third-order valence-electron chi connectivity index (χ3n) is 2.86. The maximum absolute atomic E-state index is 11.8. The minimum Gasteiger partial charge on any atom is -0.332 e. The predicted molar refractivity (Wildman–Crippen MR) is 58.3 cm³/mol. The molecule has 0 unspecified atom stereocenters. The van der Waals surface area contributed by atoms with Crippen molar-refractivity contribution in [1.29, 1.82) is 0 Å². The van der Waals surface area contributed by atoms with Crippen LogP contribution in [0.5, 0.6) is 0 Å². The van der Waals surface area contributed by atoms with Crippen molar-refractivity contribution in [2.45, 2.75) is 31.8 Å². The van der Waals surface area contributed by atoms with Crippen LogP contribution in [0.25, 0.3) is 0 Å². The molecule has 1 aliphatic rings. The largest absolute Gasteiger partial charge is 0.332 e. The van der Waals surface area contributed by atoms with E-state index in [1.807, 2.05) is 25.1 Å². The number of likely N-dealkylation sites (tertiary alicyclic amines) is 1. The summed E-state index contributed by atoms with van der Waals surface area (Å²) in [6, 6.07) is -0.281. The summed E-state index contributed by atoms with van der Waals surface area (Å²) in [5.74, 6) is 0.116. The van der Waals surface area contributed by atoms with E-state index >= 15 is 0 Å². The molecule has 16 heavy (non-hydrogen) atoms. The molecule has 0 saturated carbocycles. The minimum absolute atomic E-state index is 0.110. The van der Waals surface area contributed by atoms with Gasteiger partial charge >= 0.3 is 0 Å². The first kappa shape index (κ1) is 11.1. The van der Waals surface area contributed by atoms with E-state index < -0.39 is 0 Å². The third-order valence-corrected chi connectivity index (χ3v) is 2.86. The fraction of sp³-hybridized carbons (Fsp3) is 0.700. The van der Waals surface area contributed by atoms with Crippen LogP contribution in [0.4, 0.5) is 0 Å². The first-order chi connectivity index (χ1) is 7.63. The lowest BCUT2D eigenvalue weighted by Gasteiger charge is -2.24. The number of hydrogen-bond donors (Lipinski definition) is 1. The maximum atomic E-state index is 11.8. The zero-order valence-electron chi connectivity index (χ0n) is 9.63. The summed E-state index contributed by atoms with van der Waals surface area (Å²) >= 11 is 0.